The van der Waals surface area contributed by atoms with Crippen molar-refractivity contribution in [3.8, 4) is 11.1 Å². The zero-order valence-corrected chi connectivity index (χ0v) is 18.2. The van der Waals surface area contributed by atoms with E-state index in [0.29, 0.717) is 19.4 Å². The van der Waals surface area contributed by atoms with Gasteiger partial charge in [-0.15, -0.1) is 0 Å². The van der Waals surface area contributed by atoms with Gasteiger partial charge in [0.15, 0.2) is 0 Å². The minimum absolute atomic E-state index is 0.00899. The molecule has 2 aromatic rings. The van der Waals surface area contributed by atoms with E-state index >= 15 is 0 Å². The summed E-state index contributed by atoms with van der Waals surface area (Å²) >= 11 is 0. The normalized spacial score (nSPS) is 22.3. The molecule has 0 aromatic heterocycles. The molecule has 2 aliphatic carbocycles. The first-order valence-electron chi connectivity index (χ1n) is 11.2. The summed E-state index contributed by atoms with van der Waals surface area (Å²) in [6, 6.07) is 16.3. The molecule has 2 aromatic carbocycles. The number of alkyl carbamates (subject to hydrolysis) is 1. The zero-order chi connectivity index (χ0) is 23.0. The molecular formula is C25H26N2O6. The standard InChI is InChI=1S/C25H26N2O6/c28-22(27-13-16-11-25(27,12-16)23(29)30)15-32-10-9-26-24(31)33-14-21-19-7-3-1-5-17(19)18-6-2-4-8-20(18)21/h1-8,16,21H,9-15H2,(H,26,31)(H,29,30). The summed E-state index contributed by atoms with van der Waals surface area (Å²) in [4.78, 5) is 37.5. The first-order valence-corrected chi connectivity index (χ1v) is 11.2. The van der Waals surface area contributed by atoms with Crippen molar-refractivity contribution in [2.75, 3.05) is 32.9 Å². The second kappa shape index (κ2) is 8.51. The SMILES string of the molecule is O=C(NCCOCC(=O)N1CC2CC1(C(=O)O)C2)OCC1c2ccccc2-c2ccccc21. The summed E-state index contributed by atoms with van der Waals surface area (Å²) in [5.41, 5.74) is 3.59. The fraction of sp³-hybridized carbons (Fsp3) is 0.400. The topological polar surface area (TPSA) is 105 Å². The summed E-state index contributed by atoms with van der Waals surface area (Å²) in [7, 11) is 0. The third-order valence-corrected chi connectivity index (χ3v) is 6.99. The summed E-state index contributed by atoms with van der Waals surface area (Å²) < 4.78 is 10.8. The van der Waals surface area contributed by atoms with Gasteiger partial charge in [0.2, 0.25) is 5.91 Å². The van der Waals surface area contributed by atoms with Crippen LogP contribution in [0.1, 0.15) is 29.9 Å². The number of amides is 2. The van der Waals surface area contributed by atoms with E-state index in [1.54, 1.807) is 0 Å². The second-order valence-corrected chi connectivity index (χ2v) is 8.92. The Morgan fingerprint density at radius 3 is 2.30 bits per heavy atom. The fourth-order valence-corrected chi connectivity index (χ4v) is 5.42. The van der Waals surface area contributed by atoms with Crippen molar-refractivity contribution in [3.63, 3.8) is 0 Å². The van der Waals surface area contributed by atoms with E-state index in [4.69, 9.17) is 9.47 Å². The first-order chi connectivity index (χ1) is 16.0. The predicted molar refractivity (Wildman–Crippen MR) is 119 cm³/mol. The van der Waals surface area contributed by atoms with Gasteiger partial charge in [0, 0.05) is 19.0 Å². The molecule has 2 saturated heterocycles. The van der Waals surface area contributed by atoms with E-state index < -0.39 is 17.6 Å². The van der Waals surface area contributed by atoms with Gasteiger partial charge in [-0.1, -0.05) is 48.5 Å². The lowest BCUT2D eigenvalue weighted by Gasteiger charge is -2.37. The number of fused-ring (bicyclic) bond motifs is 4. The van der Waals surface area contributed by atoms with Gasteiger partial charge in [-0.2, -0.15) is 0 Å². The number of hydrogen-bond acceptors (Lipinski definition) is 5. The van der Waals surface area contributed by atoms with Gasteiger partial charge in [0.1, 0.15) is 18.8 Å². The Morgan fingerprint density at radius 1 is 1.03 bits per heavy atom. The number of ether oxygens (including phenoxy) is 2. The van der Waals surface area contributed by atoms with Crippen molar-refractivity contribution >= 4 is 18.0 Å². The van der Waals surface area contributed by atoms with Crippen LogP contribution in [0.25, 0.3) is 11.1 Å². The molecule has 2 N–H and O–H groups in total. The zero-order valence-electron chi connectivity index (χ0n) is 18.2. The Balaban J connectivity index is 1.05. The van der Waals surface area contributed by atoms with Gasteiger partial charge in [-0.05, 0) is 41.0 Å². The highest BCUT2D eigenvalue weighted by atomic mass is 16.5. The van der Waals surface area contributed by atoms with Gasteiger partial charge in [0.05, 0.1) is 6.61 Å². The number of hydrogen-bond donors (Lipinski definition) is 2. The maximum Gasteiger partial charge on any atom is 0.407 e. The van der Waals surface area contributed by atoms with Gasteiger partial charge in [0.25, 0.3) is 0 Å². The number of aliphatic carboxylic acids is 1. The van der Waals surface area contributed by atoms with Crippen LogP contribution in [0.2, 0.25) is 0 Å². The van der Waals surface area contributed by atoms with Crippen LogP contribution in [-0.4, -0.2) is 66.4 Å². The van der Waals surface area contributed by atoms with Crippen LogP contribution in [0.5, 0.6) is 0 Å². The molecule has 2 aliphatic heterocycles. The molecule has 1 saturated carbocycles. The molecular weight excluding hydrogens is 424 g/mol. The number of benzene rings is 2. The predicted octanol–water partition coefficient (Wildman–Crippen LogP) is 2.62. The van der Waals surface area contributed by atoms with Crippen molar-refractivity contribution in [3.05, 3.63) is 59.7 Å². The highest BCUT2D eigenvalue weighted by Gasteiger charge is 2.62. The van der Waals surface area contributed by atoms with E-state index in [1.807, 2.05) is 24.3 Å². The molecule has 3 fully saturated rings. The molecule has 0 spiro atoms. The third kappa shape index (κ3) is 3.74. The number of nitrogens with one attached hydrogen (secondary N) is 1. The Kier molecular flexibility index (Phi) is 5.54. The van der Waals surface area contributed by atoms with Crippen LogP contribution in [0, 0.1) is 5.92 Å². The van der Waals surface area contributed by atoms with E-state index in [-0.39, 0.29) is 44.1 Å². The van der Waals surface area contributed by atoms with Crippen molar-refractivity contribution in [2.24, 2.45) is 5.92 Å². The maximum atomic E-state index is 12.4. The molecule has 172 valence electrons. The quantitative estimate of drug-likeness (QED) is 0.599. The molecule has 0 atom stereocenters. The highest BCUT2D eigenvalue weighted by Crippen LogP contribution is 2.50. The minimum Gasteiger partial charge on any atom is -0.479 e. The van der Waals surface area contributed by atoms with Crippen LogP contribution >= 0.6 is 0 Å². The molecule has 6 rings (SSSR count). The smallest absolute Gasteiger partial charge is 0.407 e. The lowest BCUT2D eigenvalue weighted by Crippen LogP contribution is -2.55. The second-order valence-electron chi connectivity index (χ2n) is 8.92. The Labute approximate surface area is 191 Å². The lowest BCUT2D eigenvalue weighted by atomic mass is 9.73. The van der Waals surface area contributed by atoms with E-state index in [1.165, 1.54) is 16.0 Å². The number of carboxylic acid groups (broad SMARTS) is 1. The summed E-state index contributed by atoms with van der Waals surface area (Å²) in [5.74, 6) is -0.995. The van der Waals surface area contributed by atoms with Gasteiger partial charge in [-0.3, -0.25) is 4.79 Å². The molecule has 2 bridgehead atoms. The largest absolute Gasteiger partial charge is 0.479 e. The summed E-state index contributed by atoms with van der Waals surface area (Å²) in [6.07, 6.45) is 0.506. The number of nitrogens with zero attached hydrogens (tertiary/aromatic N) is 1. The maximum absolute atomic E-state index is 12.4. The third-order valence-electron chi connectivity index (χ3n) is 6.99. The number of rotatable bonds is 8. The lowest BCUT2D eigenvalue weighted by molar-refractivity contribution is -0.160. The van der Waals surface area contributed by atoms with Crippen LogP contribution in [-0.2, 0) is 19.1 Å². The van der Waals surface area contributed by atoms with Gasteiger partial charge >= 0.3 is 12.1 Å². The van der Waals surface area contributed by atoms with Crippen LogP contribution < -0.4 is 5.32 Å². The Hall–Kier alpha value is -3.39. The van der Waals surface area contributed by atoms with E-state index in [0.717, 1.165) is 11.1 Å². The molecule has 0 unspecified atom stereocenters. The molecule has 8 nitrogen and oxygen atoms in total. The number of carbonyl (C=O) groups is 3. The Bertz CT molecular complexity index is 1050. The number of carbonyl (C=O) groups excluding carboxylic acids is 2. The average Bonchev–Trinajstić information content (AvgIpc) is 3.46. The van der Waals surface area contributed by atoms with E-state index in [2.05, 4.69) is 29.6 Å². The number of carboxylic acids is 1. The molecule has 2 heterocycles. The molecule has 33 heavy (non-hydrogen) atoms. The van der Waals surface area contributed by atoms with Gasteiger partial charge in [-0.25, -0.2) is 9.59 Å². The molecule has 2 amide bonds. The highest BCUT2D eigenvalue weighted by molar-refractivity contribution is 5.90. The molecule has 0 radical (unpaired) electrons. The van der Waals surface area contributed by atoms with Crippen LogP contribution in [0.15, 0.2) is 48.5 Å². The fourth-order valence-electron chi connectivity index (χ4n) is 5.42. The summed E-state index contributed by atoms with van der Waals surface area (Å²) in [6.45, 7) is 0.830. The van der Waals surface area contributed by atoms with Crippen LogP contribution in [0.4, 0.5) is 4.79 Å². The first kappa shape index (κ1) is 21.5. The molecule has 4 aliphatic rings. The van der Waals surface area contributed by atoms with E-state index in [9.17, 15) is 19.5 Å². The Morgan fingerprint density at radius 2 is 1.67 bits per heavy atom. The van der Waals surface area contributed by atoms with Crippen molar-refractivity contribution < 1.29 is 29.0 Å². The van der Waals surface area contributed by atoms with Crippen LogP contribution in [0.3, 0.4) is 0 Å². The van der Waals surface area contributed by atoms with Crippen molar-refractivity contribution in [1.82, 2.24) is 10.2 Å². The monoisotopic (exact) mass is 450 g/mol. The average molecular weight is 450 g/mol. The van der Waals surface area contributed by atoms with Crippen molar-refractivity contribution in [2.45, 2.75) is 24.3 Å². The minimum atomic E-state index is -1.04. The van der Waals surface area contributed by atoms with Crippen molar-refractivity contribution in [1.29, 1.82) is 0 Å². The van der Waals surface area contributed by atoms with Gasteiger partial charge < -0.3 is 24.8 Å². The molecule has 8 heteroatoms. The summed E-state index contributed by atoms with van der Waals surface area (Å²) in [5, 5.41) is 12.1.